The minimum Gasteiger partial charge on any atom is -0.504 e. The van der Waals surface area contributed by atoms with Crippen LogP contribution in [0.15, 0.2) is 36.4 Å². The summed E-state index contributed by atoms with van der Waals surface area (Å²) in [6, 6.07) is 8.67. The second-order valence-electron chi connectivity index (χ2n) is 16.7. The lowest BCUT2D eigenvalue weighted by Crippen LogP contribution is -2.58. The molecule has 294 valence electrons. The number of amides is 3. The van der Waals surface area contributed by atoms with Gasteiger partial charge >= 0.3 is 0 Å². The molecule has 1 aliphatic carbocycles. The van der Waals surface area contributed by atoms with Gasteiger partial charge in [-0.05, 0) is 60.4 Å². The summed E-state index contributed by atoms with van der Waals surface area (Å²) >= 11 is 0. The third-order valence-corrected chi connectivity index (χ3v) is 13.4. The summed E-state index contributed by atoms with van der Waals surface area (Å²) in [6.07, 6.45) is 0.287. The van der Waals surface area contributed by atoms with E-state index in [-0.39, 0.29) is 48.0 Å². The van der Waals surface area contributed by atoms with Crippen molar-refractivity contribution in [2.45, 2.75) is 44.1 Å². The summed E-state index contributed by atoms with van der Waals surface area (Å²) in [5, 5.41) is 24.4. The SMILES string of the molecule is O=C1CCC(N2Cc3ccc(N4CC[C@H](CN5C[C@@H]6[C@H](C5)[C@H]6CN5CCN6c7cc(-c8cc(F)cc(F)c8O)nnc7NC[C@H]6C5)[C@@H](F)C4)cc3C2=O)C(=O)N1. The summed E-state index contributed by atoms with van der Waals surface area (Å²) in [4.78, 5) is 48.2. The van der Waals surface area contributed by atoms with Crippen LogP contribution in [0, 0.1) is 35.3 Å². The average molecular weight is 772 g/mol. The molecule has 10 rings (SSSR count). The molecule has 0 radical (unpaired) electrons. The molecule has 3 aromatic rings. The number of piperidine rings is 3. The van der Waals surface area contributed by atoms with Crippen molar-refractivity contribution in [3.63, 3.8) is 0 Å². The van der Waals surface area contributed by atoms with Gasteiger partial charge in [0.15, 0.2) is 17.4 Å². The Morgan fingerprint density at radius 1 is 0.857 bits per heavy atom. The van der Waals surface area contributed by atoms with Gasteiger partial charge in [-0.1, -0.05) is 6.07 Å². The number of halogens is 3. The van der Waals surface area contributed by atoms with Gasteiger partial charge in [-0.25, -0.2) is 13.2 Å². The number of hydrogen-bond acceptors (Lipinski definition) is 11. The fourth-order valence-corrected chi connectivity index (χ4v) is 10.3. The molecule has 7 aliphatic rings. The molecular formula is C40H44F3N9O4. The first-order valence-electron chi connectivity index (χ1n) is 19.8. The number of nitrogens with zero attached hydrogens (tertiary/aromatic N) is 7. The maximum Gasteiger partial charge on any atom is 0.255 e. The third kappa shape index (κ3) is 6.21. The number of rotatable bonds is 7. The Bertz CT molecular complexity index is 2110. The quantitative estimate of drug-likeness (QED) is 0.306. The van der Waals surface area contributed by atoms with E-state index in [0.29, 0.717) is 61.3 Å². The van der Waals surface area contributed by atoms with Crippen LogP contribution in [0.2, 0.25) is 0 Å². The van der Waals surface area contributed by atoms with Gasteiger partial charge in [-0.2, -0.15) is 0 Å². The summed E-state index contributed by atoms with van der Waals surface area (Å²) in [6.45, 7) is 8.37. The largest absolute Gasteiger partial charge is 0.504 e. The van der Waals surface area contributed by atoms with Gasteiger partial charge in [0.05, 0.1) is 17.4 Å². The van der Waals surface area contributed by atoms with Crippen LogP contribution in [0.5, 0.6) is 5.75 Å². The number of phenolic OH excluding ortho intramolecular Hbond substituents is 1. The van der Waals surface area contributed by atoms with Crippen molar-refractivity contribution in [3.05, 3.63) is 59.2 Å². The van der Waals surface area contributed by atoms with Crippen LogP contribution >= 0.6 is 0 Å². The number of fused-ring (bicyclic) bond motifs is 5. The summed E-state index contributed by atoms with van der Waals surface area (Å²) in [5.74, 6) is -0.954. The van der Waals surface area contributed by atoms with E-state index in [9.17, 15) is 28.3 Å². The molecule has 1 unspecified atom stereocenters. The zero-order valence-electron chi connectivity index (χ0n) is 30.8. The number of alkyl halides is 1. The number of likely N-dealkylation sites (tertiary alicyclic amines) is 1. The molecular weight excluding hydrogens is 727 g/mol. The topological polar surface area (TPSA) is 137 Å². The fraction of sp³-hybridized carbons (Fsp3) is 0.525. The number of aromatic hydroxyl groups is 1. The number of aromatic nitrogens is 2. The van der Waals surface area contributed by atoms with E-state index < -0.39 is 35.5 Å². The molecule has 0 spiro atoms. The lowest BCUT2D eigenvalue weighted by atomic mass is 9.93. The first-order valence-corrected chi connectivity index (χ1v) is 19.8. The van der Waals surface area contributed by atoms with Crippen molar-refractivity contribution >= 4 is 34.9 Å². The number of imide groups is 1. The van der Waals surface area contributed by atoms with Crippen LogP contribution < -0.4 is 20.4 Å². The van der Waals surface area contributed by atoms with Crippen molar-refractivity contribution in [3.8, 4) is 17.0 Å². The number of phenols is 1. The number of hydrogen-bond donors (Lipinski definition) is 3. The Hall–Kier alpha value is -4.96. The minimum atomic E-state index is -1.04. The first kappa shape index (κ1) is 35.5. The van der Waals surface area contributed by atoms with E-state index in [1.807, 2.05) is 23.1 Å². The van der Waals surface area contributed by atoms with Gasteiger partial charge in [0, 0.05) is 107 Å². The van der Waals surface area contributed by atoms with Gasteiger partial charge in [0.2, 0.25) is 11.8 Å². The van der Waals surface area contributed by atoms with Crippen LogP contribution in [0.4, 0.5) is 30.4 Å². The Labute approximate surface area is 321 Å². The minimum absolute atomic E-state index is 0.0307. The lowest BCUT2D eigenvalue weighted by molar-refractivity contribution is -0.136. The fourth-order valence-electron chi connectivity index (χ4n) is 10.3. The van der Waals surface area contributed by atoms with Crippen molar-refractivity contribution < 1.29 is 32.7 Å². The van der Waals surface area contributed by atoms with Crippen LogP contribution in [0.3, 0.4) is 0 Å². The molecule has 3 amide bonds. The predicted octanol–water partition coefficient (Wildman–Crippen LogP) is 2.85. The van der Waals surface area contributed by atoms with Gasteiger partial charge in [0.25, 0.3) is 5.91 Å². The zero-order chi connectivity index (χ0) is 38.4. The molecule has 7 atom stereocenters. The van der Waals surface area contributed by atoms with E-state index in [1.165, 1.54) is 0 Å². The molecule has 1 aromatic heterocycles. The molecule has 16 heteroatoms. The number of anilines is 3. The Balaban J connectivity index is 0.698. The standard InChI is InChI=1S/C40H44F3N9O4/c41-23-9-27(37(54)31(42)10-23)33-12-35-38(47-46-33)44-13-25-16-48(7-8-51(25)35)17-28-29-18-49(19-30(28)29)14-22-5-6-50(20-32(22)43)24-2-1-21-15-52(40(56)26(21)11-24)34-3-4-36(53)45-39(34)55/h1-2,9-12,22,25,28-30,32,34,54H,3-8,13-20H2,(H,44,47)(H,45,53,55)/t22-,25+,28-,29-,30+,32+,34?/m1/s1. The normalized spacial score (nSPS) is 30.1. The van der Waals surface area contributed by atoms with Gasteiger partial charge in [-0.15, -0.1) is 10.2 Å². The lowest BCUT2D eigenvalue weighted by Gasteiger charge is -2.46. The van der Waals surface area contributed by atoms with E-state index in [0.717, 1.165) is 75.2 Å². The highest BCUT2D eigenvalue weighted by molar-refractivity contribution is 6.05. The number of nitrogens with one attached hydrogen (secondary N) is 2. The van der Waals surface area contributed by atoms with Crippen molar-refractivity contribution in [1.29, 1.82) is 0 Å². The molecule has 1 saturated carbocycles. The van der Waals surface area contributed by atoms with Gasteiger partial charge in [0.1, 0.15) is 18.0 Å². The maximum atomic E-state index is 15.8. The van der Waals surface area contributed by atoms with Crippen molar-refractivity contribution in [2.75, 3.05) is 80.6 Å². The highest BCUT2D eigenvalue weighted by Gasteiger charge is 2.56. The Kier molecular flexibility index (Phi) is 8.62. The van der Waals surface area contributed by atoms with Crippen LogP contribution in [-0.4, -0.2) is 131 Å². The van der Waals surface area contributed by atoms with Crippen LogP contribution in [0.1, 0.15) is 35.2 Å². The second-order valence-corrected chi connectivity index (χ2v) is 16.7. The molecule has 56 heavy (non-hydrogen) atoms. The Morgan fingerprint density at radius 3 is 2.50 bits per heavy atom. The third-order valence-electron chi connectivity index (χ3n) is 13.4. The molecule has 6 aliphatic heterocycles. The molecule has 2 aromatic carbocycles. The van der Waals surface area contributed by atoms with Crippen LogP contribution in [0.25, 0.3) is 11.3 Å². The van der Waals surface area contributed by atoms with E-state index >= 15 is 4.39 Å². The van der Waals surface area contributed by atoms with E-state index in [1.54, 1.807) is 11.0 Å². The molecule has 3 N–H and O–H groups in total. The van der Waals surface area contributed by atoms with Crippen molar-refractivity contribution in [2.24, 2.45) is 23.7 Å². The number of carbonyl (C=O) groups is 3. The molecule has 7 heterocycles. The van der Waals surface area contributed by atoms with E-state index in [2.05, 4.69) is 35.5 Å². The monoisotopic (exact) mass is 771 g/mol. The molecule has 0 bridgehead atoms. The summed E-state index contributed by atoms with van der Waals surface area (Å²) in [7, 11) is 0. The average Bonchev–Trinajstić information content (AvgIpc) is 3.45. The smallest absolute Gasteiger partial charge is 0.255 e. The first-order chi connectivity index (χ1) is 27.1. The highest BCUT2D eigenvalue weighted by Crippen LogP contribution is 2.52. The molecule has 4 saturated heterocycles. The molecule has 13 nitrogen and oxygen atoms in total. The van der Waals surface area contributed by atoms with Gasteiger partial charge in [-0.3, -0.25) is 24.6 Å². The van der Waals surface area contributed by atoms with Crippen molar-refractivity contribution in [1.82, 2.24) is 30.2 Å². The second kappa shape index (κ2) is 13.6. The Morgan fingerprint density at radius 2 is 1.70 bits per heavy atom. The predicted molar refractivity (Wildman–Crippen MR) is 200 cm³/mol. The zero-order valence-corrected chi connectivity index (χ0v) is 30.8. The highest BCUT2D eigenvalue weighted by atomic mass is 19.1. The number of benzene rings is 2. The van der Waals surface area contributed by atoms with Crippen LogP contribution in [-0.2, 0) is 16.1 Å². The summed E-state index contributed by atoms with van der Waals surface area (Å²) < 4.78 is 43.8. The maximum absolute atomic E-state index is 15.8. The number of carbonyl (C=O) groups excluding carboxylic acids is 3. The number of piperazine rings is 1. The van der Waals surface area contributed by atoms with Gasteiger partial charge < -0.3 is 30.0 Å². The van der Waals surface area contributed by atoms with E-state index in [4.69, 9.17) is 0 Å². The molecule has 5 fully saturated rings. The summed E-state index contributed by atoms with van der Waals surface area (Å²) in [5.41, 5.74) is 3.20.